The number of aromatic carboxylic acids is 1. The number of hydrogen-bond acceptors (Lipinski definition) is 3. The Labute approximate surface area is 125 Å². The highest BCUT2D eigenvalue weighted by atomic mass is 35.5. The van der Waals surface area contributed by atoms with Crippen molar-refractivity contribution in [2.75, 3.05) is 5.32 Å². The van der Waals surface area contributed by atoms with Crippen molar-refractivity contribution >= 4 is 29.2 Å². The second-order valence-electron chi connectivity index (χ2n) is 4.35. The first-order chi connectivity index (χ1) is 9.97. The van der Waals surface area contributed by atoms with Gasteiger partial charge in [0.05, 0.1) is 17.7 Å². The molecule has 21 heavy (non-hydrogen) atoms. The molecule has 2 aromatic rings. The lowest BCUT2D eigenvalue weighted by Crippen LogP contribution is -2.15. The molecule has 0 aliphatic heterocycles. The molecule has 6 heteroatoms. The predicted octanol–water partition coefficient (Wildman–Crippen LogP) is 2.93. The summed E-state index contributed by atoms with van der Waals surface area (Å²) in [5.74, 6) is -1.75. The minimum atomic E-state index is -1.14. The van der Waals surface area contributed by atoms with Crippen LogP contribution in [0.5, 0.6) is 5.75 Å². The van der Waals surface area contributed by atoms with E-state index in [1.807, 2.05) is 0 Å². The van der Waals surface area contributed by atoms with Gasteiger partial charge >= 0.3 is 5.97 Å². The SMILES string of the molecule is O=C(Cc1ccccc1Cl)Nc1cc(C(=O)O)ccc1O. The molecule has 0 saturated heterocycles. The van der Waals surface area contributed by atoms with Crippen molar-refractivity contribution in [1.82, 2.24) is 0 Å². The van der Waals surface area contributed by atoms with Crippen molar-refractivity contribution < 1.29 is 19.8 Å². The molecule has 0 atom stereocenters. The molecule has 2 aromatic carbocycles. The lowest BCUT2D eigenvalue weighted by Gasteiger charge is -2.09. The molecule has 3 N–H and O–H groups in total. The van der Waals surface area contributed by atoms with E-state index in [1.54, 1.807) is 24.3 Å². The van der Waals surface area contributed by atoms with Crippen molar-refractivity contribution in [3.63, 3.8) is 0 Å². The summed E-state index contributed by atoms with van der Waals surface area (Å²) in [5, 5.41) is 21.5. The molecule has 0 aromatic heterocycles. The number of benzene rings is 2. The number of carboxylic acid groups (broad SMARTS) is 1. The number of carboxylic acids is 1. The van der Waals surface area contributed by atoms with Crippen LogP contribution in [0.2, 0.25) is 5.02 Å². The molecule has 0 aliphatic rings. The summed E-state index contributed by atoms with van der Waals surface area (Å²) < 4.78 is 0. The molecule has 0 saturated carbocycles. The van der Waals surface area contributed by atoms with Gasteiger partial charge in [0, 0.05) is 5.02 Å². The summed E-state index contributed by atoms with van der Waals surface area (Å²) in [5.41, 5.74) is 0.665. The van der Waals surface area contributed by atoms with Crippen molar-refractivity contribution in [3.8, 4) is 5.75 Å². The lowest BCUT2D eigenvalue weighted by atomic mass is 10.1. The van der Waals surface area contributed by atoms with Crippen LogP contribution < -0.4 is 5.32 Å². The fourth-order valence-corrected chi connectivity index (χ4v) is 1.98. The minimum absolute atomic E-state index is 0.0242. The zero-order valence-electron chi connectivity index (χ0n) is 10.8. The number of amides is 1. The fourth-order valence-electron chi connectivity index (χ4n) is 1.78. The van der Waals surface area contributed by atoms with Gasteiger partial charge in [0.15, 0.2) is 0 Å². The molecular weight excluding hydrogens is 294 g/mol. The summed E-state index contributed by atoms with van der Waals surface area (Å²) in [6, 6.07) is 10.6. The largest absolute Gasteiger partial charge is 0.506 e. The monoisotopic (exact) mass is 305 g/mol. The number of halogens is 1. The van der Waals surface area contributed by atoms with Gasteiger partial charge in [-0.3, -0.25) is 4.79 Å². The van der Waals surface area contributed by atoms with Crippen LogP contribution in [0.3, 0.4) is 0 Å². The average molecular weight is 306 g/mol. The Hall–Kier alpha value is -2.53. The van der Waals surface area contributed by atoms with Crippen molar-refractivity contribution in [3.05, 3.63) is 58.6 Å². The van der Waals surface area contributed by atoms with Crippen LogP contribution in [-0.2, 0) is 11.2 Å². The smallest absolute Gasteiger partial charge is 0.335 e. The van der Waals surface area contributed by atoms with E-state index in [9.17, 15) is 14.7 Å². The highest BCUT2D eigenvalue weighted by molar-refractivity contribution is 6.31. The number of hydrogen-bond donors (Lipinski definition) is 3. The van der Waals surface area contributed by atoms with Gasteiger partial charge in [-0.15, -0.1) is 0 Å². The summed E-state index contributed by atoms with van der Waals surface area (Å²) in [4.78, 5) is 22.8. The molecule has 0 bridgehead atoms. The van der Waals surface area contributed by atoms with E-state index in [-0.39, 0.29) is 23.4 Å². The van der Waals surface area contributed by atoms with E-state index in [2.05, 4.69) is 5.32 Å². The van der Waals surface area contributed by atoms with Crippen molar-refractivity contribution in [2.45, 2.75) is 6.42 Å². The lowest BCUT2D eigenvalue weighted by molar-refractivity contribution is -0.115. The second kappa shape index (κ2) is 6.28. The Morgan fingerprint density at radius 1 is 1.14 bits per heavy atom. The third-order valence-corrected chi connectivity index (χ3v) is 3.20. The third-order valence-electron chi connectivity index (χ3n) is 2.83. The predicted molar refractivity (Wildman–Crippen MR) is 78.9 cm³/mol. The number of rotatable bonds is 4. The molecular formula is C15H12ClNO4. The van der Waals surface area contributed by atoms with E-state index in [1.165, 1.54) is 18.2 Å². The van der Waals surface area contributed by atoms with E-state index in [0.717, 1.165) is 0 Å². The number of aromatic hydroxyl groups is 1. The zero-order valence-corrected chi connectivity index (χ0v) is 11.6. The molecule has 1 amide bonds. The zero-order chi connectivity index (χ0) is 15.4. The molecule has 0 spiro atoms. The Balaban J connectivity index is 2.15. The maximum Gasteiger partial charge on any atom is 0.335 e. The van der Waals surface area contributed by atoms with Crippen LogP contribution in [0, 0.1) is 0 Å². The van der Waals surface area contributed by atoms with Crippen LogP contribution in [0.15, 0.2) is 42.5 Å². The maximum atomic E-state index is 11.9. The summed E-state index contributed by atoms with van der Waals surface area (Å²) >= 11 is 5.96. The van der Waals surface area contributed by atoms with E-state index < -0.39 is 11.9 Å². The highest BCUT2D eigenvalue weighted by Crippen LogP contribution is 2.25. The normalized spacial score (nSPS) is 10.1. The van der Waals surface area contributed by atoms with E-state index >= 15 is 0 Å². The van der Waals surface area contributed by atoms with Crippen LogP contribution in [-0.4, -0.2) is 22.1 Å². The fraction of sp³-hybridized carbons (Fsp3) is 0.0667. The van der Waals surface area contributed by atoms with Crippen LogP contribution >= 0.6 is 11.6 Å². The first-order valence-corrected chi connectivity index (χ1v) is 6.44. The molecule has 0 aliphatic carbocycles. The number of nitrogens with one attached hydrogen (secondary N) is 1. The Bertz CT molecular complexity index is 700. The number of carbonyl (C=O) groups is 2. The van der Waals surface area contributed by atoms with Gasteiger partial charge in [0.25, 0.3) is 0 Å². The Morgan fingerprint density at radius 3 is 2.52 bits per heavy atom. The molecule has 0 heterocycles. The summed E-state index contributed by atoms with van der Waals surface area (Å²) in [6.07, 6.45) is 0.0242. The molecule has 0 fully saturated rings. The first kappa shape index (κ1) is 14.9. The van der Waals surface area contributed by atoms with Gasteiger partial charge in [-0.25, -0.2) is 4.79 Å². The minimum Gasteiger partial charge on any atom is -0.506 e. The highest BCUT2D eigenvalue weighted by Gasteiger charge is 2.12. The molecule has 2 rings (SSSR count). The Morgan fingerprint density at radius 2 is 1.86 bits per heavy atom. The molecule has 5 nitrogen and oxygen atoms in total. The van der Waals surface area contributed by atoms with Crippen LogP contribution in [0.25, 0.3) is 0 Å². The maximum absolute atomic E-state index is 11.9. The van der Waals surface area contributed by atoms with Gasteiger partial charge in [-0.05, 0) is 29.8 Å². The molecule has 108 valence electrons. The summed E-state index contributed by atoms with van der Waals surface area (Å²) in [6.45, 7) is 0. The van der Waals surface area contributed by atoms with Gasteiger partial charge in [-0.2, -0.15) is 0 Å². The molecule has 0 radical (unpaired) electrons. The standard InChI is InChI=1S/C15H12ClNO4/c16-11-4-2-1-3-9(11)8-14(19)17-12-7-10(15(20)21)5-6-13(12)18/h1-7,18H,8H2,(H,17,19)(H,20,21). The van der Waals surface area contributed by atoms with E-state index in [4.69, 9.17) is 16.7 Å². The van der Waals surface area contributed by atoms with Crippen molar-refractivity contribution in [2.24, 2.45) is 0 Å². The first-order valence-electron chi connectivity index (χ1n) is 6.07. The van der Waals surface area contributed by atoms with Gasteiger partial charge in [0.1, 0.15) is 5.75 Å². The van der Waals surface area contributed by atoms with Crippen LogP contribution in [0.4, 0.5) is 5.69 Å². The number of anilines is 1. The molecule has 0 unspecified atom stereocenters. The average Bonchev–Trinajstić information content (AvgIpc) is 2.43. The van der Waals surface area contributed by atoms with Gasteiger partial charge in [0.2, 0.25) is 5.91 Å². The van der Waals surface area contributed by atoms with Crippen molar-refractivity contribution in [1.29, 1.82) is 0 Å². The topological polar surface area (TPSA) is 86.6 Å². The quantitative estimate of drug-likeness (QED) is 0.758. The Kier molecular flexibility index (Phi) is 4.45. The van der Waals surface area contributed by atoms with E-state index in [0.29, 0.717) is 10.6 Å². The number of carbonyl (C=O) groups excluding carboxylic acids is 1. The van der Waals surface area contributed by atoms with Gasteiger partial charge in [-0.1, -0.05) is 29.8 Å². The van der Waals surface area contributed by atoms with Crippen LogP contribution in [0.1, 0.15) is 15.9 Å². The summed E-state index contributed by atoms with van der Waals surface area (Å²) in [7, 11) is 0. The van der Waals surface area contributed by atoms with Gasteiger partial charge < -0.3 is 15.5 Å². The number of phenols is 1. The second-order valence-corrected chi connectivity index (χ2v) is 4.76. The third kappa shape index (κ3) is 3.73. The number of phenolic OH excluding ortho intramolecular Hbond substituents is 1.